The largest absolute Gasteiger partial charge is 0.481 e. The van der Waals surface area contributed by atoms with Gasteiger partial charge in [0.1, 0.15) is 22.3 Å². The Labute approximate surface area is 148 Å². The number of rotatable bonds is 6. The molecular formula is C16H13F2N3O4S. The molecule has 1 atom stereocenters. The number of carbonyl (C=O) groups excluding carboxylic acids is 1. The molecule has 10 heteroatoms. The molecule has 0 aliphatic carbocycles. The summed E-state index contributed by atoms with van der Waals surface area (Å²) in [5.74, 6) is -2.70. The molecule has 1 amide bonds. The minimum atomic E-state index is -4.51. The van der Waals surface area contributed by atoms with Gasteiger partial charge < -0.3 is 4.74 Å². The summed E-state index contributed by atoms with van der Waals surface area (Å²) in [6, 6.07) is 9.73. The Kier molecular flexibility index (Phi) is 5.86. The lowest BCUT2D eigenvalue weighted by Crippen LogP contribution is -2.47. The number of hydrogen-bond donors (Lipinski definition) is 2. The fourth-order valence-corrected chi connectivity index (χ4v) is 2.76. The summed E-state index contributed by atoms with van der Waals surface area (Å²) in [6.07, 6.45) is -1.11. The van der Waals surface area contributed by atoms with E-state index in [0.717, 1.165) is 6.07 Å². The van der Waals surface area contributed by atoms with Crippen LogP contribution in [0.1, 0.15) is 12.5 Å². The molecule has 0 bridgehead atoms. The number of carbonyl (C=O) groups is 1. The molecule has 0 spiro atoms. The van der Waals surface area contributed by atoms with E-state index in [1.165, 1.54) is 31.2 Å². The zero-order valence-electron chi connectivity index (χ0n) is 13.4. The zero-order chi connectivity index (χ0) is 19.3. The second-order valence-electron chi connectivity index (χ2n) is 5.07. The zero-order valence-corrected chi connectivity index (χ0v) is 14.2. The van der Waals surface area contributed by atoms with E-state index in [9.17, 15) is 22.0 Å². The summed E-state index contributed by atoms with van der Waals surface area (Å²) in [4.78, 5) is 12.6. The van der Waals surface area contributed by atoms with Gasteiger partial charge in [-0.3, -0.25) is 10.2 Å². The van der Waals surface area contributed by atoms with Gasteiger partial charge in [-0.05, 0) is 49.4 Å². The van der Waals surface area contributed by atoms with Crippen molar-refractivity contribution in [3.8, 4) is 11.8 Å². The van der Waals surface area contributed by atoms with Crippen LogP contribution in [0.15, 0.2) is 47.4 Å². The third kappa shape index (κ3) is 4.75. The maximum atomic E-state index is 13.6. The Hall–Kier alpha value is -3.03. The lowest BCUT2D eigenvalue weighted by Gasteiger charge is -2.15. The number of sulfonamides is 1. The van der Waals surface area contributed by atoms with E-state index in [4.69, 9.17) is 10.00 Å². The monoisotopic (exact) mass is 381 g/mol. The molecular weight excluding hydrogens is 368 g/mol. The van der Waals surface area contributed by atoms with Crippen molar-refractivity contribution in [2.45, 2.75) is 17.9 Å². The van der Waals surface area contributed by atoms with Crippen molar-refractivity contribution >= 4 is 15.9 Å². The maximum absolute atomic E-state index is 13.6. The van der Waals surface area contributed by atoms with Crippen LogP contribution in [-0.4, -0.2) is 20.4 Å². The van der Waals surface area contributed by atoms with Crippen molar-refractivity contribution in [1.82, 2.24) is 10.3 Å². The lowest BCUT2D eigenvalue weighted by molar-refractivity contribution is -0.127. The van der Waals surface area contributed by atoms with E-state index in [1.54, 1.807) is 4.83 Å². The van der Waals surface area contributed by atoms with Gasteiger partial charge in [-0.1, -0.05) is 0 Å². The van der Waals surface area contributed by atoms with Crippen LogP contribution < -0.4 is 15.0 Å². The molecule has 0 aliphatic rings. The van der Waals surface area contributed by atoms with Gasteiger partial charge in [-0.25, -0.2) is 17.2 Å². The highest BCUT2D eigenvalue weighted by atomic mass is 32.2. The Morgan fingerprint density at radius 3 is 2.46 bits per heavy atom. The minimum Gasteiger partial charge on any atom is -0.481 e. The molecule has 0 saturated heterocycles. The third-order valence-electron chi connectivity index (χ3n) is 3.16. The van der Waals surface area contributed by atoms with Gasteiger partial charge in [0.15, 0.2) is 6.10 Å². The Morgan fingerprint density at radius 2 is 1.85 bits per heavy atom. The van der Waals surface area contributed by atoms with Crippen LogP contribution in [0.2, 0.25) is 0 Å². The van der Waals surface area contributed by atoms with E-state index < -0.39 is 38.6 Å². The van der Waals surface area contributed by atoms with E-state index >= 15 is 0 Å². The summed E-state index contributed by atoms with van der Waals surface area (Å²) in [5, 5.41) is 8.71. The number of amides is 1. The molecule has 0 unspecified atom stereocenters. The van der Waals surface area contributed by atoms with E-state index in [0.29, 0.717) is 17.7 Å². The van der Waals surface area contributed by atoms with Crippen molar-refractivity contribution in [3.05, 3.63) is 59.7 Å². The summed E-state index contributed by atoms with van der Waals surface area (Å²) >= 11 is 0. The predicted molar refractivity (Wildman–Crippen MR) is 86.1 cm³/mol. The first kappa shape index (κ1) is 19.3. The molecule has 2 aromatic carbocycles. The SMILES string of the molecule is C[C@@H](Oc1ccc(C#N)cc1)C(=O)NNS(=O)(=O)c1cc(F)ccc1F. The van der Waals surface area contributed by atoms with Crippen LogP contribution in [0.5, 0.6) is 5.75 Å². The number of hydrazine groups is 1. The summed E-state index contributed by atoms with van der Waals surface area (Å²) < 4.78 is 55.9. The molecule has 0 radical (unpaired) electrons. The third-order valence-corrected chi connectivity index (χ3v) is 4.42. The van der Waals surface area contributed by atoms with Gasteiger partial charge in [0.2, 0.25) is 0 Å². The summed E-state index contributed by atoms with van der Waals surface area (Å²) in [5.41, 5.74) is 2.27. The first-order valence-corrected chi connectivity index (χ1v) is 8.65. The van der Waals surface area contributed by atoms with Crippen molar-refractivity contribution in [2.24, 2.45) is 0 Å². The average Bonchev–Trinajstić information content (AvgIpc) is 2.62. The molecule has 0 aromatic heterocycles. The second-order valence-corrected chi connectivity index (χ2v) is 6.72. The molecule has 0 fully saturated rings. The molecule has 2 rings (SSSR count). The van der Waals surface area contributed by atoms with Crippen molar-refractivity contribution in [3.63, 3.8) is 0 Å². The predicted octanol–water partition coefficient (Wildman–Crippen LogP) is 1.61. The van der Waals surface area contributed by atoms with Gasteiger partial charge >= 0.3 is 0 Å². The van der Waals surface area contributed by atoms with Gasteiger partial charge in [0, 0.05) is 0 Å². The van der Waals surface area contributed by atoms with Crippen molar-refractivity contribution in [1.29, 1.82) is 5.26 Å². The van der Waals surface area contributed by atoms with Gasteiger partial charge in [0.25, 0.3) is 15.9 Å². The fourth-order valence-electron chi connectivity index (χ4n) is 1.82. The van der Waals surface area contributed by atoms with Crippen LogP contribution in [0.3, 0.4) is 0 Å². The number of halogens is 2. The Bertz CT molecular complexity index is 956. The summed E-state index contributed by atoms with van der Waals surface area (Å²) in [6.45, 7) is 1.35. The van der Waals surface area contributed by atoms with Crippen LogP contribution in [0.25, 0.3) is 0 Å². The quantitative estimate of drug-likeness (QED) is 0.739. The van der Waals surface area contributed by atoms with E-state index in [2.05, 4.69) is 0 Å². The number of benzene rings is 2. The molecule has 7 nitrogen and oxygen atoms in total. The van der Waals surface area contributed by atoms with E-state index in [-0.39, 0.29) is 5.75 Å². The molecule has 2 N–H and O–H groups in total. The van der Waals surface area contributed by atoms with Crippen LogP contribution in [0.4, 0.5) is 8.78 Å². The standard InChI is InChI=1S/C16H13F2N3O4S/c1-10(25-13-5-2-11(9-19)3-6-13)16(22)20-21-26(23,24)15-8-12(17)4-7-14(15)18/h2-8,10,21H,1H3,(H,20,22)/t10-/m1/s1. The normalized spacial score (nSPS) is 12.1. The van der Waals surface area contributed by atoms with Crippen molar-refractivity contribution < 1.29 is 26.7 Å². The topological polar surface area (TPSA) is 108 Å². The number of nitrogens with zero attached hydrogens (tertiary/aromatic N) is 1. The highest BCUT2D eigenvalue weighted by Crippen LogP contribution is 2.15. The summed E-state index contributed by atoms with van der Waals surface area (Å²) in [7, 11) is -4.51. The Morgan fingerprint density at radius 1 is 1.19 bits per heavy atom. The lowest BCUT2D eigenvalue weighted by atomic mass is 10.2. The number of hydrogen-bond acceptors (Lipinski definition) is 5. The van der Waals surface area contributed by atoms with Gasteiger partial charge in [-0.15, -0.1) is 4.83 Å². The van der Waals surface area contributed by atoms with Gasteiger partial charge in [0.05, 0.1) is 11.6 Å². The molecule has 0 saturated carbocycles. The second kappa shape index (κ2) is 7.90. The molecule has 0 aliphatic heterocycles. The first-order chi connectivity index (χ1) is 12.2. The number of nitriles is 1. The fraction of sp³-hybridized carbons (Fsp3) is 0.125. The van der Waals surface area contributed by atoms with E-state index in [1.807, 2.05) is 11.5 Å². The minimum absolute atomic E-state index is 0.283. The number of ether oxygens (including phenoxy) is 1. The van der Waals surface area contributed by atoms with Crippen LogP contribution in [0, 0.1) is 23.0 Å². The molecule has 2 aromatic rings. The first-order valence-electron chi connectivity index (χ1n) is 7.16. The highest BCUT2D eigenvalue weighted by molar-refractivity contribution is 7.89. The highest BCUT2D eigenvalue weighted by Gasteiger charge is 2.22. The maximum Gasteiger partial charge on any atom is 0.275 e. The Balaban J connectivity index is 2.00. The number of nitrogens with one attached hydrogen (secondary N) is 2. The molecule has 0 heterocycles. The average molecular weight is 381 g/mol. The van der Waals surface area contributed by atoms with Gasteiger partial charge in [-0.2, -0.15) is 5.26 Å². The van der Waals surface area contributed by atoms with Crippen LogP contribution >= 0.6 is 0 Å². The van der Waals surface area contributed by atoms with Crippen LogP contribution in [-0.2, 0) is 14.8 Å². The smallest absolute Gasteiger partial charge is 0.275 e. The molecule has 136 valence electrons. The van der Waals surface area contributed by atoms with Crippen molar-refractivity contribution in [2.75, 3.05) is 0 Å². The molecule has 26 heavy (non-hydrogen) atoms.